The number of nitrogens with two attached hydrogens (primary N) is 1. The number of nitrogens with zero attached hydrogens (tertiary/aromatic N) is 2. The van der Waals surface area contributed by atoms with Crippen LogP contribution in [0.15, 0.2) is 0 Å². The van der Waals surface area contributed by atoms with Gasteiger partial charge in [0, 0.05) is 4.88 Å². The topological polar surface area (TPSA) is 123 Å². The van der Waals surface area contributed by atoms with Crippen molar-refractivity contribution in [1.29, 1.82) is 0 Å². The fourth-order valence-corrected chi connectivity index (χ4v) is 2.75. The average molecular weight is 309 g/mol. The van der Waals surface area contributed by atoms with Gasteiger partial charge in [-0.05, 0) is 26.3 Å². The quantitative estimate of drug-likeness (QED) is 0.735. The molecular weight excluding hydrogens is 294 g/mol. The van der Waals surface area contributed by atoms with Crippen LogP contribution in [0.25, 0.3) is 0 Å². The summed E-state index contributed by atoms with van der Waals surface area (Å²) < 4.78 is 5.01. The molecule has 2 rings (SSSR count). The first-order chi connectivity index (χ1) is 9.93. The Hall–Kier alpha value is -2.42. The van der Waals surface area contributed by atoms with Crippen LogP contribution in [-0.2, 0) is 4.74 Å². The Morgan fingerprint density at radius 1 is 1.43 bits per heavy atom. The van der Waals surface area contributed by atoms with Gasteiger partial charge >= 0.3 is 5.97 Å². The van der Waals surface area contributed by atoms with Crippen molar-refractivity contribution in [3.05, 3.63) is 21.8 Å². The first kappa shape index (κ1) is 15.0. The molecule has 2 heterocycles. The van der Waals surface area contributed by atoms with Gasteiger partial charge in [-0.2, -0.15) is 4.98 Å². The lowest BCUT2D eigenvalue weighted by Gasteiger charge is -2.05. The normalized spacial score (nSPS) is 10.4. The third kappa shape index (κ3) is 3.02. The van der Waals surface area contributed by atoms with E-state index in [1.54, 1.807) is 13.8 Å². The number of thiophene rings is 1. The van der Waals surface area contributed by atoms with Gasteiger partial charge < -0.3 is 15.8 Å². The highest BCUT2D eigenvalue weighted by Crippen LogP contribution is 2.33. The van der Waals surface area contributed by atoms with Gasteiger partial charge in [0.05, 0.1) is 12.2 Å². The molecule has 2 aromatic heterocycles. The number of H-pyrrole nitrogens is 1. The number of aryl methyl sites for hydroxylation is 1. The summed E-state index contributed by atoms with van der Waals surface area (Å²) >= 11 is 1.30. The summed E-state index contributed by atoms with van der Waals surface area (Å²) in [7, 11) is 0. The SMILES string of the molecule is CCOC(=O)c1c(NC(=O)c2nc(N)n[nH]2)sc(C)c1C. The lowest BCUT2D eigenvalue weighted by Crippen LogP contribution is -2.16. The van der Waals surface area contributed by atoms with Gasteiger partial charge in [-0.15, -0.1) is 16.4 Å². The lowest BCUT2D eigenvalue weighted by atomic mass is 10.1. The summed E-state index contributed by atoms with van der Waals surface area (Å²) in [6, 6.07) is 0. The Labute approximate surface area is 124 Å². The van der Waals surface area contributed by atoms with Crippen LogP contribution in [0.1, 0.15) is 38.3 Å². The summed E-state index contributed by atoms with van der Waals surface area (Å²) in [6.45, 7) is 5.66. The monoisotopic (exact) mass is 309 g/mol. The molecule has 21 heavy (non-hydrogen) atoms. The van der Waals surface area contributed by atoms with Crippen molar-refractivity contribution in [3.63, 3.8) is 0 Å². The Kier molecular flexibility index (Phi) is 4.22. The smallest absolute Gasteiger partial charge is 0.341 e. The number of carbonyl (C=O) groups is 2. The van der Waals surface area contributed by atoms with Gasteiger partial charge in [0.2, 0.25) is 11.8 Å². The Morgan fingerprint density at radius 3 is 2.71 bits per heavy atom. The average Bonchev–Trinajstić information content (AvgIpc) is 2.95. The summed E-state index contributed by atoms with van der Waals surface area (Å²) in [4.78, 5) is 28.7. The first-order valence-corrected chi connectivity index (χ1v) is 7.02. The van der Waals surface area contributed by atoms with Crippen molar-refractivity contribution in [2.24, 2.45) is 0 Å². The van der Waals surface area contributed by atoms with Crippen molar-refractivity contribution in [1.82, 2.24) is 15.2 Å². The minimum absolute atomic E-state index is 0.0222. The van der Waals surface area contributed by atoms with Crippen molar-refractivity contribution < 1.29 is 14.3 Å². The maximum atomic E-state index is 12.0. The number of rotatable bonds is 4. The van der Waals surface area contributed by atoms with E-state index in [4.69, 9.17) is 10.5 Å². The first-order valence-electron chi connectivity index (χ1n) is 6.20. The molecule has 0 fully saturated rings. The van der Waals surface area contributed by atoms with Crippen LogP contribution < -0.4 is 11.1 Å². The van der Waals surface area contributed by atoms with Gasteiger partial charge in [0.25, 0.3) is 5.91 Å². The molecule has 0 unspecified atom stereocenters. The highest BCUT2D eigenvalue weighted by molar-refractivity contribution is 7.16. The van der Waals surface area contributed by atoms with Gasteiger partial charge in [-0.3, -0.25) is 9.89 Å². The molecule has 0 aliphatic rings. The second-order valence-electron chi connectivity index (χ2n) is 4.20. The zero-order valence-corrected chi connectivity index (χ0v) is 12.6. The zero-order chi connectivity index (χ0) is 15.6. The minimum Gasteiger partial charge on any atom is -0.462 e. The number of aromatic amines is 1. The van der Waals surface area contributed by atoms with E-state index in [1.807, 2.05) is 6.92 Å². The van der Waals surface area contributed by atoms with Crippen molar-refractivity contribution >= 4 is 34.2 Å². The fraction of sp³-hybridized carbons (Fsp3) is 0.333. The summed E-state index contributed by atoms with van der Waals surface area (Å²) in [5.41, 5.74) is 6.50. The second-order valence-corrected chi connectivity index (χ2v) is 5.43. The van der Waals surface area contributed by atoms with E-state index < -0.39 is 11.9 Å². The molecule has 0 spiro atoms. The number of ether oxygens (including phenoxy) is 1. The number of amides is 1. The molecule has 1 amide bonds. The van der Waals surface area contributed by atoms with Gasteiger partial charge in [-0.1, -0.05) is 0 Å². The molecule has 112 valence electrons. The van der Waals surface area contributed by atoms with Crippen LogP contribution >= 0.6 is 11.3 Å². The van der Waals surface area contributed by atoms with E-state index in [2.05, 4.69) is 20.5 Å². The number of hydrogen-bond acceptors (Lipinski definition) is 7. The molecule has 4 N–H and O–H groups in total. The Morgan fingerprint density at radius 2 is 2.14 bits per heavy atom. The molecule has 8 nitrogen and oxygen atoms in total. The molecule has 9 heteroatoms. The van der Waals surface area contributed by atoms with Crippen LogP contribution in [0.5, 0.6) is 0 Å². The third-order valence-electron chi connectivity index (χ3n) is 2.81. The van der Waals surface area contributed by atoms with Crippen molar-refractivity contribution in [3.8, 4) is 0 Å². The molecule has 0 saturated carbocycles. The Bertz CT molecular complexity index is 691. The molecule has 0 aliphatic heterocycles. The van der Waals surface area contributed by atoms with Crippen LogP contribution in [0.4, 0.5) is 10.9 Å². The summed E-state index contributed by atoms with van der Waals surface area (Å²) in [6.07, 6.45) is 0. The van der Waals surface area contributed by atoms with E-state index in [1.165, 1.54) is 11.3 Å². The lowest BCUT2D eigenvalue weighted by molar-refractivity contribution is 0.0527. The van der Waals surface area contributed by atoms with Gasteiger partial charge in [0.1, 0.15) is 5.00 Å². The molecule has 0 bridgehead atoms. The maximum absolute atomic E-state index is 12.0. The number of nitrogens with one attached hydrogen (secondary N) is 2. The highest BCUT2D eigenvalue weighted by Gasteiger charge is 2.23. The van der Waals surface area contributed by atoms with E-state index in [0.717, 1.165) is 10.4 Å². The number of carbonyl (C=O) groups excluding carboxylic acids is 2. The van der Waals surface area contributed by atoms with Gasteiger partial charge in [-0.25, -0.2) is 4.79 Å². The summed E-state index contributed by atoms with van der Waals surface area (Å²) in [5.74, 6) is -1.03. The van der Waals surface area contributed by atoms with Crippen LogP contribution in [0.3, 0.4) is 0 Å². The zero-order valence-electron chi connectivity index (χ0n) is 11.8. The fourth-order valence-electron chi connectivity index (χ4n) is 1.70. The van der Waals surface area contributed by atoms with E-state index in [-0.39, 0.29) is 18.4 Å². The molecule has 0 atom stereocenters. The van der Waals surface area contributed by atoms with E-state index >= 15 is 0 Å². The van der Waals surface area contributed by atoms with Crippen LogP contribution in [0.2, 0.25) is 0 Å². The third-order valence-corrected chi connectivity index (χ3v) is 3.93. The number of aromatic nitrogens is 3. The predicted octanol–water partition coefficient (Wildman–Crippen LogP) is 1.49. The number of anilines is 2. The largest absolute Gasteiger partial charge is 0.462 e. The number of esters is 1. The standard InChI is InChI=1S/C12H15N5O3S/c1-4-20-11(19)7-5(2)6(3)21-10(7)15-9(18)8-14-12(13)17-16-8/h4H2,1-3H3,(H,15,18)(H3,13,14,16,17). The minimum atomic E-state index is -0.522. The second kappa shape index (κ2) is 5.92. The van der Waals surface area contributed by atoms with Gasteiger partial charge in [0.15, 0.2) is 0 Å². The molecule has 0 radical (unpaired) electrons. The van der Waals surface area contributed by atoms with Crippen molar-refractivity contribution in [2.75, 3.05) is 17.7 Å². The van der Waals surface area contributed by atoms with Crippen LogP contribution in [-0.4, -0.2) is 33.7 Å². The number of nitrogen functional groups attached to an aromatic ring is 1. The Balaban J connectivity index is 2.29. The summed E-state index contributed by atoms with van der Waals surface area (Å²) in [5, 5.41) is 9.04. The van der Waals surface area contributed by atoms with E-state index in [9.17, 15) is 9.59 Å². The highest BCUT2D eigenvalue weighted by atomic mass is 32.1. The number of hydrogen-bond donors (Lipinski definition) is 3. The molecule has 0 saturated heterocycles. The maximum Gasteiger partial charge on any atom is 0.341 e. The molecular formula is C12H15N5O3S. The molecule has 2 aromatic rings. The van der Waals surface area contributed by atoms with Crippen molar-refractivity contribution in [2.45, 2.75) is 20.8 Å². The molecule has 0 aromatic carbocycles. The van der Waals surface area contributed by atoms with Crippen LogP contribution in [0, 0.1) is 13.8 Å². The molecule has 0 aliphatic carbocycles. The van der Waals surface area contributed by atoms with E-state index in [0.29, 0.717) is 10.6 Å². The predicted molar refractivity (Wildman–Crippen MR) is 78.5 cm³/mol.